The Morgan fingerprint density at radius 3 is 2.53 bits per heavy atom. The van der Waals surface area contributed by atoms with Crippen LogP contribution < -0.4 is 0 Å². The average Bonchev–Trinajstić information content (AvgIpc) is 3.23. The van der Waals surface area contributed by atoms with Crippen molar-refractivity contribution in [1.29, 1.82) is 0 Å². The van der Waals surface area contributed by atoms with E-state index in [4.69, 9.17) is 24.1 Å². The van der Waals surface area contributed by atoms with Crippen LogP contribution in [-0.2, 0) is 23.7 Å². The van der Waals surface area contributed by atoms with Gasteiger partial charge in [0.05, 0.1) is 19.3 Å². The van der Waals surface area contributed by atoms with Crippen molar-refractivity contribution in [3.05, 3.63) is 24.3 Å². The second kappa shape index (κ2) is 16.2. The molecular formula is C32H54O6. The maximum atomic E-state index is 10.8. The minimum absolute atomic E-state index is 0.0389. The minimum atomic E-state index is -0.748. The first kappa shape index (κ1) is 31.3. The zero-order valence-electron chi connectivity index (χ0n) is 24.3. The van der Waals surface area contributed by atoms with Crippen molar-refractivity contribution in [2.45, 2.75) is 135 Å². The van der Waals surface area contributed by atoms with E-state index in [1.54, 1.807) is 0 Å². The van der Waals surface area contributed by atoms with Crippen LogP contribution in [0.5, 0.6) is 0 Å². The number of carboxylic acid groups (broad SMARTS) is 1. The SMILES string of the molecule is CCCCCCCC(/C=C/C1CCC2(OCC(C)(C)CO2)C1CC/C=C\CCC(=O)O)OC1CCCCO1. The largest absolute Gasteiger partial charge is 0.481 e. The highest BCUT2D eigenvalue weighted by molar-refractivity contribution is 5.66. The van der Waals surface area contributed by atoms with Crippen LogP contribution in [0.25, 0.3) is 0 Å². The van der Waals surface area contributed by atoms with Crippen LogP contribution in [0.4, 0.5) is 0 Å². The van der Waals surface area contributed by atoms with Gasteiger partial charge < -0.3 is 24.1 Å². The van der Waals surface area contributed by atoms with Gasteiger partial charge in [-0.25, -0.2) is 0 Å². The third kappa shape index (κ3) is 10.4. The van der Waals surface area contributed by atoms with Gasteiger partial charge in [0.15, 0.2) is 12.1 Å². The predicted octanol–water partition coefficient (Wildman–Crippen LogP) is 7.81. The number of aliphatic carboxylic acids is 1. The lowest BCUT2D eigenvalue weighted by Gasteiger charge is -2.45. The van der Waals surface area contributed by atoms with E-state index in [-0.39, 0.29) is 30.1 Å². The van der Waals surface area contributed by atoms with Gasteiger partial charge >= 0.3 is 5.97 Å². The van der Waals surface area contributed by atoms with Crippen molar-refractivity contribution in [3.63, 3.8) is 0 Å². The summed E-state index contributed by atoms with van der Waals surface area (Å²) in [5.41, 5.74) is 0.0389. The zero-order valence-corrected chi connectivity index (χ0v) is 24.3. The van der Waals surface area contributed by atoms with Crippen LogP contribution in [0.1, 0.15) is 117 Å². The quantitative estimate of drug-likeness (QED) is 0.161. The van der Waals surface area contributed by atoms with Gasteiger partial charge in [-0.1, -0.05) is 77.2 Å². The Bertz CT molecular complexity index is 728. The first-order chi connectivity index (χ1) is 18.3. The molecule has 2 aliphatic heterocycles. The molecule has 6 nitrogen and oxygen atoms in total. The number of carboxylic acids is 1. The number of carbonyl (C=O) groups is 1. The second-order valence-corrected chi connectivity index (χ2v) is 12.4. The maximum Gasteiger partial charge on any atom is 0.303 e. The van der Waals surface area contributed by atoms with Gasteiger partial charge in [-0.3, -0.25) is 4.79 Å². The van der Waals surface area contributed by atoms with Crippen LogP contribution in [0.15, 0.2) is 24.3 Å². The lowest BCUT2D eigenvalue weighted by molar-refractivity contribution is -0.316. The van der Waals surface area contributed by atoms with Crippen molar-refractivity contribution in [2.24, 2.45) is 17.3 Å². The fourth-order valence-corrected chi connectivity index (χ4v) is 5.98. The van der Waals surface area contributed by atoms with Gasteiger partial charge in [0.1, 0.15) is 0 Å². The minimum Gasteiger partial charge on any atom is -0.481 e. The highest BCUT2D eigenvalue weighted by Crippen LogP contribution is 2.50. The van der Waals surface area contributed by atoms with Gasteiger partial charge in [-0.15, -0.1) is 0 Å². The molecule has 218 valence electrons. The molecule has 3 fully saturated rings. The average molecular weight is 535 g/mol. The Morgan fingerprint density at radius 1 is 1.05 bits per heavy atom. The molecule has 0 amide bonds. The molecule has 4 atom stereocenters. The summed E-state index contributed by atoms with van der Waals surface area (Å²) in [6.07, 6.45) is 24.1. The van der Waals surface area contributed by atoms with E-state index in [1.165, 1.54) is 38.5 Å². The van der Waals surface area contributed by atoms with E-state index in [1.807, 2.05) is 6.08 Å². The molecule has 0 radical (unpaired) electrons. The van der Waals surface area contributed by atoms with E-state index in [0.29, 0.717) is 12.3 Å². The van der Waals surface area contributed by atoms with Crippen molar-refractivity contribution < 1.29 is 28.8 Å². The second-order valence-electron chi connectivity index (χ2n) is 12.4. The molecule has 0 aromatic heterocycles. The third-order valence-corrected chi connectivity index (χ3v) is 8.29. The first-order valence-corrected chi connectivity index (χ1v) is 15.4. The molecule has 4 unspecified atom stereocenters. The lowest BCUT2D eigenvalue weighted by atomic mass is 9.85. The molecular weight excluding hydrogens is 480 g/mol. The standard InChI is InChI=1S/C32H54O6/c1-4-5-6-7-10-15-27(38-30-18-13-14-23-35-30)20-19-26-21-22-32(36-24-31(2,3)25-37-32)28(26)16-11-8-9-12-17-29(33)34/h8-9,19-20,26-28,30H,4-7,10-18,21-25H2,1-3H3,(H,33,34)/b9-8-,20-19+. The fraction of sp³-hybridized carbons (Fsp3) is 0.844. The van der Waals surface area contributed by atoms with Crippen molar-refractivity contribution in [3.8, 4) is 0 Å². The molecule has 1 aliphatic carbocycles. The lowest BCUT2D eigenvalue weighted by Crippen LogP contribution is -2.50. The molecule has 6 heteroatoms. The summed E-state index contributed by atoms with van der Waals surface area (Å²) in [6, 6.07) is 0. The first-order valence-electron chi connectivity index (χ1n) is 15.4. The summed E-state index contributed by atoms with van der Waals surface area (Å²) < 4.78 is 25.4. The molecule has 3 rings (SSSR count). The summed E-state index contributed by atoms with van der Waals surface area (Å²) in [5, 5.41) is 8.89. The number of rotatable bonds is 16. The molecule has 3 aliphatic rings. The van der Waals surface area contributed by atoms with Crippen LogP contribution >= 0.6 is 0 Å². The monoisotopic (exact) mass is 534 g/mol. The normalized spacial score (nSPS) is 27.9. The van der Waals surface area contributed by atoms with E-state index in [2.05, 4.69) is 39.0 Å². The van der Waals surface area contributed by atoms with E-state index >= 15 is 0 Å². The molecule has 0 aromatic rings. The molecule has 0 aromatic carbocycles. The van der Waals surface area contributed by atoms with Crippen molar-refractivity contribution in [2.75, 3.05) is 19.8 Å². The number of hydrogen-bond donors (Lipinski definition) is 1. The number of unbranched alkanes of at least 4 members (excludes halogenated alkanes) is 4. The number of hydrogen-bond acceptors (Lipinski definition) is 5. The van der Waals surface area contributed by atoms with E-state index in [0.717, 1.165) is 64.8 Å². The topological polar surface area (TPSA) is 74.2 Å². The smallest absolute Gasteiger partial charge is 0.303 e. The Morgan fingerprint density at radius 2 is 1.82 bits per heavy atom. The Hall–Kier alpha value is -1.21. The van der Waals surface area contributed by atoms with Crippen molar-refractivity contribution in [1.82, 2.24) is 0 Å². The molecule has 1 N–H and O–H groups in total. The van der Waals surface area contributed by atoms with Gasteiger partial charge in [0, 0.05) is 30.8 Å². The Kier molecular flexibility index (Phi) is 13.3. The molecule has 38 heavy (non-hydrogen) atoms. The summed E-state index contributed by atoms with van der Waals surface area (Å²) in [5.74, 6) is -0.609. The molecule has 0 bridgehead atoms. The molecule has 2 saturated heterocycles. The molecule has 1 spiro atoms. The highest BCUT2D eigenvalue weighted by atomic mass is 16.7. The van der Waals surface area contributed by atoms with Gasteiger partial charge in [-0.2, -0.15) is 0 Å². The summed E-state index contributed by atoms with van der Waals surface area (Å²) in [4.78, 5) is 10.8. The van der Waals surface area contributed by atoms with Crippen LogP contribution in [0, 0.1) is 17.3 Å². The van der Waals surface area contributed by atoms with E-state index in [9.17, 15) is 4.79 Å². The van der Waals surface area contributed by atoms with Crippen LogP contribution in [-0.4, -0.2) is 49.1 Å². The van der Waals surface area contributed by atoms with Gasteiger partial charge in [-0.05, 0) is 57.3 Å². The predicted molar refractivity (Wildman–Crippen MR) is 151 cm³/mol. The third-order valence-electron chi connectivity index (χ3n) is 8.29. The number of ether oxygens (including phenoxy) is 4. The maximum absolute atomic E-state index is 10.8. The fourth-order valence-electron chi connectivity index (χ4n) is 5.98. The van der Waals surface area contributed by atoms with Gasteiger partial charge in [0.25, 0.3) is 0 Å². The molecule has 1 saturated carbocycles. The highest BCUT2D eigenvalue weighted by Gasteiger charge is 2.52. The summed E-state index contributed by atoms with van der Waals surface area (Å²) in [7, 11) is 0. The summed E-state index contributed by atoms with van der Waals surface area (Å²) in [6.45, 7) is 8.89. The Balaban J connectivity index is 1.64. The Labute approximate surface area is 231 Å². The van der Waals surface area contributed by atoms with Crippen molar-refractivity contribution >= 4 is 5.97 Å². The van der Waals surface area contributed by atoms with Crippen LogP contribution in [0.2, 0.25) is 0 Å². The van der Waals surface area contributed by atoms with E-state index < -0.39 is 11.8 Å². The zero-order chi connectivity index (χ0) is 27.3. The molecule has 2 heterocycles. The summed E-state index contributed by atoms with van der Waals surface area (Å²) >= 11 is 0. The van der Waals surface area contributed by atoms with Gasteiger partial charge in [0.2, 0.25) is 0 Å². The van der Waals surface area contributed by atoms with Crippen LogP contribution in [0.3, 0.4) is 0 Å². The number of allylic oxidation sites excluding steroid dienone is 3.